The van der Waals surface area contributed by atoms with E-state index in [0.717, 1.165) is 13.2 Å². The van der Waals surface area contributed by atoms with E-state index < -0.39 is 11.7 Å². The third-order valence-corrected chi connectivity index (χ3v) is 3.27. The Morgan fingerprint density at radius 2 is 1.91 bits per heavy atom. The topological polar surface area (TPSA) is 21.6 Å². The first-order chi connectivity index (χ1) is 10.8. The molecule has 2 aromatic carbocycles. The lowest BCUT2D eigenvalue weighted by Gasteiger charge is -2.13. The highest BCUT2D eigenvalue weighted by atomic mass is 19.3. The minimum Gasteiger partial charge on any atom is -0.447 e. The Hall–Kier alpha value is -2.56. The monoisotopic (exact) mass is 319 g/mol. The molecule has 0 saturated carbocycles. The van der Waals surface area contributed by atoms with Gasteiger partial charge in [0.2, 0.25) is 5.90 Å². The van der Waals surface area contributed by atoms with E-state index in [1.807, 2.05) is 0 Å². The summed E-state index contributed by atoms with van der Waals surface area (Å²) in [7, 11) is 0. The van der Waals surface area contributed by atoms with Gasteiger partial charge in [-0.15, -0.1) is 0 Å². The highest BCUT2D eigenvalue weighted by molar-refractivity contribution is 5.96. The molecule has 2 nitrogen and oxygen atoms in total. The largest absolute Gasteiger partial charge is 0.447 e. The zero-order chi connectivity index (χ0) is 17.0. The Kier molecular flexibility index (Phi) is 4.89. The first-order valence-electron chi connectivity index (χ1n) is 6.93. The second-order valence-corrected chi connectivity index (χ2v) is 5.05. The first kappa shape index (κ1) is 16.8. The van der Waals surface area contributed by atoms with E-state index in [0.29, 0.717) is 16.8 Å². The minimum absolute atomic E-state index is 0.0693. The molecule has 23 heavy (non-hydrogen) atoms. The van der Waals surface area contributed by atoms with E-state index in [1.54, 1.807) is 19.1 Å². The molecular weight excluding hydrogens is 303 g/mol. The van der Waals surface area contributed by atoms with Crippen LogP contribution in [0.3, 0.4) is 0 Å². The average Bonchev–Trinajstić information content (AvgIpc) is 2.50. The molecule has 0 bridgehead atoms. The molecule has 0 saturated heterocycles. The Morgan fingerprint density at radius 1 is 1.22 bits per heavy atom. The molecule has 0 amide bonds. The van der Waals surface area contributed by atoms with Gasteiger partial charge in [-0.3, -0.25) is 0 Å². The summed E-state index contributed by atoms with van der Waals surface area (Å²) in [6.45, 7) is 5.85. The number of ether oxygens (including phenoxy) is 1. The second-order valence-electron chi connectivity index (χ2n) is 5.05. The molecule has 120 valence electrons. The van der Waals surface area contributed by atoms with Gasteiger partial charge in [-0.25, -0.2) is 18.2 Å². The Balaban J connectivity index is 2.52. The number of hydrogen-bond acceptors (Lipinski definition) is 2. The van der Waals surface area contributed by atoms with Crippen molar-refractivity contribution in [3.05, 3.63) is 77.8 Å². The van der Waals surface area contributed by atoms with Crippen molar-refractivity contribution in [2.45, 2.75) is 19.8 Å². The van der Waals surface area contributed by atoms with E-state index in [9.17, 15) is 13.2 Å². The van der Waals surface area contributed by atoms with Gasteiger partial charge in [-0.05, 0) is 31.2 Å². The van der Waals surface area contributed by atoms with E-state index >= 15 is 0 Å². The summed E-state index contributed by atoms with van der Waals surface area (Å²) < 4.78 is 45.8. The van der Waals surface area contributed by atoms with Crippen LogP contribution in [-0.4, -0.2) is 5.90 Å². The maximum absolute atomic E-state index is 13.6. The molecule has 0 radical (unpaired) electrons. The maximum atomic E-state index is 13.6. The van der Waals surface area contributed by atoms with Crippen LogP contribution in [0.2, 0.25) is 0 Å². The third-order valence-electron chi connectivity index (χ3n) is 3.27. The van der Waals surface area contributed by atoms with Crippen LogP contribution in [0, 0.1) is 12.7 Å². The molecule has 2 aromatic rings. The lowest BCUT2D eigenvalue weighted by atomic mass is 10.1. The highest BCUT2D eigenvalue weighted by Crippen LogP contribution is 2.28. The van der Waals surface area contributed by atoms with Crippen LogP contribution < -0.4 is 0 Å². The molecule has 0 atom stereocenters. The molecule has 0 aliphatic heterocycles. The van der Waals surface area contributed by atoms with Gasteiger partial charge in [-0.2, -0.15) is 0 Å². The fourth-order valence-electron chi connectivity index (χ4n) is 1.99. The smallest absolute Gasteiger partial charge is 0.270 e. The standard InChI is InChI=1S/C18H16F3NO/c1-4-23-17(22-16-10-6-9-15(19)12(16)2)13-7-5-8-14(11-13)18(3,20)21/h4-11H,1H2,2-3H3. The number of benzene rings is 2. The van der Waals surface area contributed by atoms with Gasteiger partial charge < -0.3 is 4.74 Å². The molecule has 0 fully saturated rings. The second kappa shape index (κ2) is 6.69. The molecule has 5 heteroatoms. The molecular formula is C18H16F3NO. The van der Waals surface area contributed by atoms with Crippen LogP contribution in [-0.2, 0) is 10.7 Å². The van der Waals surface area contributed by atoms with Crippen LogP contribution in [0.1, 0.15) is 23.6 Å². The van der Waals surface area contributed by atoms with Crippen molar-refractivity contribution in [3.8, 4) is 0 Å². The van der Waals surface area contributed by atoms with Gasteiger partial charge in [0.15, 0.2) is 0 Å². The summed E-state index contributed by atoms with van der Waals surface area (Å²) >= 11 is 0. The van der Waals surface area contributed by atoms with Crippen molar-refractivity contribution in [2.24, 2.45) is 4.99 Å². The van der Waals surface area contributed by atoms with Crippen LogP contribution in [0.5, 0.6) is 0 Å². The highest BCUT2D eigenvalue weighted by Gasteiger charge is 2.24. The van der Waals surface area contributed by atoms with Crippen molar-refractivity contribution >= 4 is 11.6 Å². The Labute approximate surface area is 132 Å². The minimum atomic E-state index is -2.98. The van der Waals surface area contributed by atoms with Crippen molar-refractivity contribution < 1.29 is 17.9 Å². The Bertz CT molecular complexity index is 748. The lowest BCUT2D eigenvalue weighted by molar-refractivity contribution is 0.0174. The number of alkyl halides is 2. The predicted octanol–water partition coefficient (Wildman–Crippen LogP) is 5.48. The summed E-state index contributed by atoms with van der Waals surface area (Å²) in [4.78, 5) is 4.24. The van der Waals surface area contributed by atoms with E-state index in [-0.39, 0.29) is 11.5 Å². The van der Waals surface area contributed by atoms with Crippen molar-refractivity contribution in [1.29, 1.82) is 0 Å². The summed E-state index contributed by atoms with van der Waals surface area (Å²) in [6.07, 6.45) is 1.14. The lowest BCUT2D eigenvalue weighted by Crippen LogP contribution is -2.10. The zero-order valence-electron chi connectivity index (χ0n) is 12.8. The number of rotatable bonds is 4. The van der Waals surface area contributed by atoms with Crippen LogP contribution in [0.25, 0.3) is 0 Å². The van der Waals surface area contributed by atoms with Gasteiger partial charge in [0.05, 0.1) is 11.9 Å². The van der Waals surface area contributed by atoms with Crippen molar-refractivity contribution in [2.75, 3.05) is 0 Å². The summed E-state index contributed by atoms with van der Waals surface area (Å²) in [5.74, 6) is -3.32. The van der Waals surface area contributed by atoms with Crippen LogP contribution in [0.4, 0.5) is 18.9 Å². The molecule has 0 aliphatic rings. The number of aliphatic imine (C=N–C) groups is 1. The molecule has 0 unspecified atom stereocenters. The van der Waals surface area contributed by atoms with E-state index in [2.05, 4.69) is 11.6 Å². The van der Waals surface area contributed by atoms with Gasteiger partial charge in [0.25, 0.3) is 5.92 Å². The van der Waals surface area contributed by atoms with Crippen LogP contribution >= 0.6 is 0 Å². The van der Waals surface area contributed by atoms with Crippen molar-refractivity contribution in [1.82, 2.24) is 0 Å². The first-order valence-corrected chi connectivity index (χ1v) is 6.93. The summed E-state index contributed by atoms with van der Waals surface area (Å²) in [5.41, 5.74) is 0.893. The molecule has 0 N–H and O–H groups in total. The SMILES string of the molecule is C=COC(=Nc1cccc(F)c1C)c1cccc(C(C)(F)F)c1. The van der Waals surface area contributed by atoms with Gasteiger partial charge >= 0.3 is 0 Å². The van der Waals surface area contributed by atoms with Gasteiger partial charge in [-0.1, -0.05) is 24.8 Å². The maximum Gasteiger partial charge on any atom is 0.270 e. The quantitative estimate of drug-likeness (QED) is 0.415. The molecule has 0 aromatic heterocycles. The molecule has 2 rings (SSSR count). The fraction of sp³-hybridized carbons (Fsp3) is 0.167. The molecule has 0 spiro atoms. The summed E-state index contributed by atoms with van der Waals surface area (Å²) in [6, 6.07) is 10.1. The molecule has 0 heterocycles. The number of hydrogen-bond donors (Lipinski definition) is 0. The Morgan fingerprint density at radius 3 is 2.57 bits per heavy atom. The number of nitrogens with zero attached hydrogens (tertiary/aromatic N) is 1. The van der Waals surface area contributed by atoms with Crippen molar-refractivity contribution in [3.63, 3.8) is 0 Å². The number of halogens is 3. The van der Waals surface area contributed by atoms with E-state index in [4.69, 9.17) is 4.74 Å². The zero-order valence-corrected chi connectivity index (χ0v) is 12.8. The average molecular weight is 319 g/mol. The van der Waals surface area contributed by atoms with Gasteiger partial charge in [0, 0.05) is 23.6 Å². The summed E-state index contributed by atoms with van der Waals surface area (Å²) in [5, 5.41) is 0. The predicted molar refractivity (Wildman–Crippen MR) is 84.6 cm³/mol. The normalized spacial score (nSPS) is 12.1. The van der Waals surface area contributed by atoms with Gasteiger partial charge in [0.1, 0.15) is 5.82 Å². The third kappa shape index (κ3) is 4.00. The van der Waals surface area contributed by atoms with Crippen LogP contribution in [0.15, 0.2) is 60.3 Å². The molecule has 0 aliphatic carbocycles. The van der Waals surface area contributed by atoms with E-state index in [1.165, 1.54) is 30.3 Å². The fourth-order valence-corrected chi connectivity index (χ4v) is 1.99.